The molecule has 1 heterocycles. The van der Waals surface area contributed by atoms with Gasteiger partial charge in [0, 0.05) is 0 Å². The highest BCUT2D eigenvalue weighted by Crippen LogP contribution is 2.41. The smallest absolute Gasteiger partial charge is 0.109 e. The fourth-order valence-corrected chi connectivity index (χ4v) is 2.07. The minimum atomic E-state index is 0.396. The Balaban J connectivity index is 1.68. The molecule has 0 radical (unpaired) electrons. The highest BCUT2D eigenvalue weighted by Gasteiger charge is 2.38. The quantitative estimate of drug-likeness (QED) is 0.502. The molecule has 1 fully saturated rings. The van der Waals surface area contributed by atoms with E-state index in [1.807, 2.05) is 0 Å². The number of epoxide rings is 1. The molecule has 0 aromatic heterocycles. The van der Waals surface area contributed by atoms with Gasteiger partial charge in [0.05, 0.1) is 6.10 Å². The summed E-state index contributed by atoms with van der Waals surface area (Å²) < 4.78 is 5.68. The molecule has 0 unspecified atom stereocenters. The summed E-state index contributed by atoms with van der Waals surface area (Å²) in [5.74, 6) is 0. The van der Waals surface area contributed by atoms with Crippen molar-refractivity contribution in [1.29, 1.82) is 0 Å². The van der Waals surface area contributed by atoms with Crippen LogP contribution in [0.1, 0.15) is 50.7 Å². The van der Waals surface area contributed by atoms with Crippen LogP contribution < -0.4 is 0 Å². The number of rotatable bonds is 6. The average molecular weight is 204 g/mol. The fourth-order valence-electron chi connectivity index (χ4n) is 2.07. The zero-order valence-electron chi connectivity index (χ0n) is 9.49. The monoisotopic (exact) mass is 204 g/mol. The third-order valence-electron chi connectivity index (χ3n) is 3.05. The van der Waals surface area contributed by atoms with Gasteiger partial charge in [-0.1, -0.05) is 62.9 Å². The van der Waals surface area contributed by atoms with Gasteiger partial charge in [-0.05, 0) is 12.0 Å². The minimum Gasteiger partial charge on any atom is -0.365 e. The van der Waals surface area contributed by atoms with E-state index >= 15 is 0 Å². The summed E-state index contributed by atoms with van der Waals surface area (Å²) in [6, 6.07) is 10.6. The average Bonchev–Trinajstić information content (AvgIpc) is 3.05. The van der Waals surface area contributed by atoms with E-state index in [0.717, 1.165) is 0 Å². The molecule has 1 aromatic carbocycles. The number of ether oxygens (including phenoxy) is 1. The molecule has 1 heteroatoms. The fraction of sp³-hybridized carbons (Fsp3) is 0.571. The standard InChI is InChI=1S/C14H20O/c1-2-3-4-8-11-13-14(15-13)12-9-6-5-7-10-12/h5-7,9-10,13-14H,2-4,8,11H2,1H3/t13-,14-/m1/s1. The van der Waals surface area contributed by atoms with Gasteiger partial charge in [-0.3, -0.25) is 0 Å². The molecule has 1 saturated heterocycles. The third kappa shape index (κ3) is 3.07. The first-order valence-corrected chi connectivity index (χ1v) is 6.12. The Kier molecular flexibility index (Phi) is 3.79. The van der Waals surface area contributed by atoms with Crippen molar-refractivity contribution < 1.29 is 4.74 Å². The summed E-state index contributed by atoms with van der Waals surface area (Å²) in [5, 5.41) is 0. The second kappa shape index (κ2) is 5.32. The topological polar surface area (TPSA) is 12.5 Å². The van der Waals surface area contributed by atoms with Crippen molar-refractivity contribution in [3.05, 3.63) is 35.9 Å². The number of benzene rings is 1. The lowest BCUT2D eigenvalue weighted by Gasteiger charge is -1.96. The van der Waals surface area contributed by atoms with Gasteiger partial charge >= 0.3 is 0 Å². The molecule has 1 nitrogen and oxygen atoms in total. The van der Waals surface area contributed by atoms with Crippen LogP contribution >= 0.6 is 0 Å². The number of hydrogen-bond acceptors (Lipinski definition) is 1. The molecule has 2 atom stereocenters. The van der Waals surface area contributed by atoms with Crippen molar-refractivity contribution in [2.45, 2.75) is 51.2 Å². The Bertz CT molecular complexity index is 281. The minimum absolute atomic E-state index is 0.396. The van der Waals surface area contributed by atoms with Crippen molar-refractivity contribution in [1.82, 2.24) is 0 Å². The van der Waals surface area contributed by atoms with E-state index in [2.05, 4.69) is 37.3 Å². The van der Waals surface area contributed by atoms with Gasteiger partial charge in [0.2, 0.25) is 0 Å². The van der Waals surface area contributed by atoms with E-state index in [1.165, 1.54) is 37.7 Å². The van der Waals surface area contributed by atoms with Gasteiger partial charge in [-0.25, -0.2) is 0 Å². The molecule has 1 aliphatic rings. The first-order valence-electron chi connectivity index (χ1n) is 6.12. The zero-order valence-corrected chi connectivity index (χ0v) is 9.49. The normalized spacial score (nSPS) is 24.1. The third-order valence-corrected chi connectivity index (χ3v) is 3.05. The van der Waals surface area contributed by atoms with Crippen LogP contribution in [-0.2, 0) is 4.74 Å². The van der Waals surface area contributed by atoms with Crippen LogP contribution in [0.2, 0.25) is 0 Å². The lowest BCUT2D eigenvalue weighted by Crippen LogP contribution is -1.89. The maximum atomic E-state index is 5.68. The lowest BCUT2D eigenvalue weighted by molar-refractivity contribution is 0.360. The van der Waals surface area contributed by atoms with E-state index in [1.54, 1.807) is 0 Å². The van der Waals surface area contributed by atoms with Gasteiger partial charge in [0.15, 0.2) is 0 Å². The first-order chi connectivity index (χ1) is 7.42. The van der Waals surface area contributed by atoms with Crippen molar-refractivity contribution in [3.63, 3.8) is 0 Å². The van der Waals surface area contributed by atoms with Crippen LogP contribution in [0.3, 0.4) is 0 Å². The predicted octanol–water partition coefficient (Wildman–Crippen LogP) is 4.10. The molecule has 0 N–H and O–H groups in total. The van der Waals surface area contributed by atoms with Crippen LogP contribution in [0.15, 0.2) is 30.3 Å². The van der Waals surface area contributed by atoms with Crippen molar-refractivity contribution in [2.24, 2.45) is 0 Å². The van der Waals surface area contributed by atoms with E-state index in [-0.39, 0.29) is 0 Å². The molecule has 0 spiro atoms. The Morgan fingerprint density at radius 2 is 1.87 bits per heavy atom. The van der Waals surface area contributed by atoms with Gasteiger partial charge < -0.3 is 4.74 Å². The molecule has 0 saturated carbocycles. The van der Waals surface area contributed by atoms with Gasteiger partial charge in [0.25, 0.3) is 0 Å². The highest BCUT2D eigenvalue weighted by atomic mass is 16.6. The first kappa shape index (κ1) is 10.7. The van der Waals surface area contributed by atoms with Crippen LogP contribution in [0.25, 0.3) is 0 Å². The Morgan fingerprint density at radius 1 is 1.07 bits per heavy atom. The zero-order chi connectivity index (χ0) is 10.5. The second-order valence-corrected chi connectivity index (χ2v) is 4.36. The summed E-state index contributed by atoms with van der Waals surface area (Å²) in [6.07, 6.45) is 7.49. The van der Waals surface area contributed by atoms with Crippen molar-refractivity contribution in [2.75, 3.05) is 0 Å². The molecule has 1 aliphatic heterocycles. The van der Waals surface area contributed by atoms with E-state index in [4.69, 9.17) is 4.74 Å². The molecule has 2 rings (SSSR count). The number of unbranched alkanes of at least 4 members (excludes halogenated alkanes) is 3. The molecule has 0 amide bonds. The summed E-state index contributed by atoms with van der Waals surface area (Å²) >= 11 is 0. The highest BCUT2D eigenvalue weighted by molar-refractivity contribution is 5.22. The maximum Gasteiger partial charge on any atom is 0.109 e. The maximum absolute atomic E-state index is 5.68. The van der Waals surface area contributed by atoms with Crippen LogP contribution in [-0.4, -0.2) is 6.10 Å². The van der Waals surface area contributed by atoms with E-state index < -0.39 is 0 Å². The van der Waals surface area contributed by atoms with Crippen LogP contribution in [0, 0.1) is 0 Å². The van der Waals surface area contributed by atoms with Crippen molar-refractivity contribution >= 4 is 0 Å². The largest absolute Gasteiger partial charge is 0.365 e. The molecule has 1 aromatic rings. The lowest BCUT2D eigenvalue weighted by atomic mass is 10.1. The van der Waals surface area contributed by atoms with Crippen LogP contribution in [0.5, 0.6) is 0 Å². The predicted molar refractivity (Wildman–Crippen MR) is 62.8 cm³/mol. The summed E-state index contributed by atoms with van der Waals surface area (Å²) in [4.78, 5) is 0. The molecule has 0 aliphatic carbocycles. The molecular formula is C14H20O. The molecule has 15 heavy (non-hydrogen) atoms. The van der Waals surface area contributed by atoms with E-state index in [0.29, 0.717) is 12.2 Å². The molecular weight excluding hydrogens is 184 g/mol. The molecule has 82 valence electrons. The second-order valence-electron chi connectivity index (χ2n) is 4.36. The van der Waals surface area contributed by atoms with Gasteiger partial charge in [-0.2, -0.15) is 0 Å². The summed E-state index contributed by atoms with van der Waals surface area (Å²) in [5.41, 5.74) is 1.35. The van der Waals surface area contributed by atoms with E-state index in [9.17, 15) is 0 Å². The Hall–Kier alpha value is -0.820. The van der Waals surface area contributed by atoms with Gasteiger partial charge in [-0.15, -0.1) is 0 Å². The van der Waals surface area contributed by atoms with Gasteiger partial charge in [0.1, 0.15) is 6.10 Å². The Labute approximate surface area is 92.5 Å². The summed E-state index contributed by atoms with van der Waals surface area (Å²) in [7, 11) is 0. The molecule has 0 bridgehead atoms. The number of hydrogen-bond donors (Lipinski definition) is 0. The SMILES string of the molecule is CCCCCC[C@H]1O[C@@H]1c1ccccc1. The van der Waals surface area contributed by atoms with Crippen LogP contribution in [0.4, 0.5) is 0 Å². The van der Waals surface area contributed by atoms with Crippen molar-refractivity contribution in [3.8, 4) is 0 Å². The summed E-state index contributed by atoms with van der Waals surface area (Å²) in [6.45, 7) is 2.25. The Morgan fingerprint density at radius 3 is 2.60 bits per heavy atom.